The molecule has 8 rings (SSSR count). The first-order valence-electron chi connectivity index (χ1n) is 13.5. The van der Waals surface area contributed by atoms with Crippen molar-refractivity contribution in [2.24, 2.45) is 0 Å². The second kappa shape index (κ2) is 9.50. The summed E-state index contributed by atoms with van der Waals surface area (Å²) < 4.78 is 6.00. The number of rotatable bonds is 4. The van der Waals surface area contributed by atoms with E-state index in [1.165, 1.54) is 5.56 Å². The third-order valence-corrected chi connectivity index (χ3v) is 7.50. The first-order chi connectivity index (χ1) is 20.3. The molecule has 5 heteroatoms. The van der Waals surface area contributed by atoms with Crippen molar-refractivity contribution in [3.05, 3.63) is 134 Å². The topological polar surface area (TPSA) is 64.7 Å². The van der Waals surface area contributed by atoms with Gasteiger partial charge in [0.25, 0.3) is 0 Å². The third-order valence-electron chi connectivity index (χ3n) is 7.50. The van der Waals surface area contributed by atoms with Crippen LogP contribution in [0.5, 0.6) is 0 Å². The number of hydrogen-bond acceptors (Lipinski definition) is 5. The molecule has 0 spiro atoms. The van der Waals surface area contributed by atoms with Gasteiger partial charge < -0.3 is 4.42 Å². The molecule has 0 aliphatic rings. The molecule has 0 radical (unpaired) electrons. The Bertz CT molecular complexity index is 2150. The molecule has 2 aromatic heterocycles. The van der Waals surface area contributed by atoms with E-state index in [0.29, 0.717) is 11.8 Å². The maximum atomic E-state index is 6.00. The van der Waals surface area contributed by atoms with Crippen LogP contribution in [-0.4, -0.2) is 20.2 Å². The van der Waals surface area contributed by atoms with Gasteiger partial charge in [0.1, 0.15) is 0 Å². The predicted octanol–water partition coefficient (Wildman–Crippen LogP) is 8.99. The molecule has 0 unspecified atom stereocenters. The Morgan fingerprint density at radius 2 is 0.902 bits per heavy atom. The summed E-state index contributed by atoms with van der Waals surface area (Å²) in [5.74, 6) is 1.00. The lowest BCUT2D eigenvalue weighted by Crippen LogP contribution is -1.94. The van der Waals surface area contributed by atoms with Crippen molar-refractivity contribution >= 4 is 32.6 Å². The van der Waals surface area contributed by atoms with Crippen molar-refractivity contribution in [1.29, 1.82) is 0 Å². The van der Waals surface area contributed by atoms with Crippen LogP contribution in [0.3, 0.4) is 0 Å². The zero-order valence-corrected chi connectivity index (χ0v) is 21.9. The average molecular weight is 527 g/mol. The molecule has 8 aromatic rings. The smallest absolute Gasteiger partial charge is 0.248 e. The zero-order valence-electron chi connectivity index (χ0n) is 21.9. The van der Waals surface area contributed by atoms with E-state index in [2.05, 4.69) is 70.9 Å². The van der Waals surface area contributed by atoms with Crippen LogP contribution in [0.4, 0.5) is 0 Å². The van der Waals surface area contributed by atoms with Gasteiger partial charge in [-0.15, -0.1) is 10.2 Å². The lowest BCUT2D eigenvalue weighted by molar-refractivity contribution is 0.584. The lowest BCUT2D eigenvalue weighted by atomic mass is 9.87. The summed E-state index contributed by atoms with van der Waals surface area (Å²) in [6.45, 7) is 0. The van der Waals surface area contributed by atoms with Gasteiger partial charge in [-0.25, -0.2) is 4.98 Å². The summed E-state index contributed by atoms with van der Waals surface area (Å²) in [6, 6.07) is 43.2. The minimum absolute atomic E-state index is 0.496. The van der Waals surface area contributed by atoms with Crippen LogP contribution in [0.2, 0.25) is 0 Å². The fourth-order valence-corrected chi connectivity index (χ4v) is 5.61. The third kappa shape index (κ3) is 3.95. The van der Waals surface area contributed by atoms with Crippen molar-refractivity contribution in [1.82, 2.24) is 20.2 Å². The highest BCUT2D eigenvalue weighted by Crippen LogP contribution is 2.43. The molecule has 0 fully saturated rings. The van der Waals surface area contributed by atoms with Crippen LogP contribution in [0.25, 0.3) is 77.9 Å². The van der Waals surface area contributed by atoms with E-state index in [-0.39, 0.29) is 0 Å². The van der Waals surface area contributed by atoms with Crippen molar-refractivity contribution in [2.45, 2.75) is 0 Å². The summed E-state index contributed by atoms with van der Waals surface area (Å²) >= 11 is 0. The molecule has 0 N–H and O–H groups in total. The summed E-state index contributed by atoms with van der Waals surface area (Å²) in [7, 11) is 0. The van der Waals surface area contributed by atoms with Crippen molar-refractivity contribution in [3.8, 4) is 45.3 Å². The van der Waals surface area contributed by atoms with Crippen LogP contribution in [0.15, 0.2) is 138 Å². The van der Waals surface area contributed by atoms with Gasteiger partial charge in [0, 0.05) is 16.7 Å². The fourth-order valence-electron chi connectivity index (χ4n) is 5.61. The largest absolute Gasteiger partial charge is 0.416 e. The minimum Gasteiger partial charge on any atom is -0.416 e. The van der Waals surface area contributed by atoms with Crippen LogP contribution in [0.1, 0.15) is 0 Å². The van der Waals surface area contributed by atoms with Crippen LogP contribution in [-0.2, 0) is 0 Å². The van der Waals surface area contributed by atoms with E-state index in [9.17, 15) is 0 Å². The minimum atomic E-state index is 0.496. The van der Waals surface area contributed by atoms with Gasteiger partial charge in [0.05, 0.1) is 22.9 Å². The second-order valence-corrected chi connectivity index (χ2v) is 9.94. The molecule has 192 valence electrons. The fraction of sp³-hybridized carbons (Fsp3) is 0. The Hall–Kier alpha value is -5.68. The monoisotopic (exact) mass is 526 g/mol. The number of fused-ring (bicyclic) bond motifs is 3. The Labute approximate surface area is 235 Å². The van der Waals surface area contributed by atoms with E-state index < -0.39 is 0 Å². The Kier molecular flexibility index (Phi) is 5.38. The summed E-state index contributed by atoms with van der Waals surface area (Å²) in [5, 5.41) is 13.2. The van der Waals surface area contributed by atoms with Crippen LogP contribution < -0.4 is 0 Å². The second-order valence-electron chi connectivity index (χ2n) is 9.94. The maximum absolute atomic E-state index is 6.00. The number of hydrogen-bond donors (Lipinski definition) is 0. The molecule has 0 saturated carbocycles. The summed E-state index contributed by atoms with van der Waals surface area (Å²) in [4.78, 5) is 9.76. The van der Waals surface area contributed by atoms with Gasteiger partial charge in [-0.1, -0.05) is 91.0 Å². The lowest BCUT2D eigenvalue weighted by Gasteiger charge is -2.17. The first kappa shape index (κ1) is 23.2. The van der Waals surface area contributed by atoms with E-state index in [1.807, 2.05) is 72.9 Å². The average Bonchev–Trinajstić information content (AvgIpc) is 3.54. The predicted molar refractivity (Wildman–Crippen MR) is 164 cm³/mol. The first-order valence-corrected chi connectivity index (χ1v) is 13.5. The van der Waals surface area contributed by atoms with Crippen molar-refractivity contribution in [3.63, 3.8) is 0 Å². The molecular formula is C36H22N4O. The molecule has 0 saturated heterocycles. The molecule has 0 aliphatic carbocycles. The SMILES string of the molecule is c1ccc(-c2nnc(-c3ccc(-c4c5ccccc5c(-c5cnc6ccccc6n5)c5ccccc45)cc3)o2)cc1. The highest BCUT2D eigenvalue weighted by atomic mass is 16.4. The van der Waals surface area contributed by atoms with Gasteiger partial charge in [-0.3, -0.25) is 4.98 Å². The molecule has 0 atom stereocenters. The van der Waals surface area contributed by atoms with Gasteiger partial charge in [0.15, 0.2) is 0 Å². The highest BCUT2D eigenvalue weighted by molar-refractivity contribution is 6.21. The van der Waals surface area contributed by atoms with Gasteiger partial charge in [-0.2, -0.15) is 0 Å². The highest BCUT2D eigenvalue weighted by Gasteiger charge is 2.18. The Balaban J connectivity index is 1.29. The molecule has 0 amide bonds. The van der Waals surface area contributed by atoms with Crippen LogP contribution >= 0.6 is 0 Å². The quantitative estimate of drug-likeness (QED) is 0.214. The van der Waals surface area contributed by atoms with E-state index >= 15 is 0 Å². The zero-order chi connectivity index (χ0) is 27.2. The van der Waals surface area contributed by atoms with Crippen molar-refractivity contribution in [2.75, 3.05) is 0 Å². The molecular weight excluding hydrogens is 504 g/mol. The normalized spacial score (nSPS) is 11.4. The van der Waals surface area contributed by atoms with Gasteiger partial charge in [-0.05, 0) is 69.1 Å². The van der Waals surface area contributed by atoms with Crippen molar-refractivity contribution < 1.29 is 4.42 Å². The number of nitrogens with zero attached hydrogens (tertiary/aromatic N) is 4. The maximum Gasteiger partial charge on any atom is 0.248 e. The molecule has 41 heavy (non-hydrogen) atoms. The molecule has 0 bridgehead atoms. The van der Waals surface area contributed by atoms with E-state index in [1.54, 1.807) is 0 Å². The number of para-hydroxylation sites is 2. The Morgan fingerprint density at radius 3 is 1.54 bits per heavy atom. The van der Waals surface area contributed by atoms with Crippen LogP contribution in [0, 0.1) is 0 Å². The summed E-state index contributed by atoms with van der Waals surface area (Å²) in [6.07, 6.45) is 1.89. The van der Waals surface area contributed by atoms with E-state index in [4.69, 9.17) is 14.4 Å². The number of aromatic nitrogens is 4. The van der Waals surface area contributed by atoms with Gasteiger partial charge in [0.2, 0.25) is 11.8 Å². The molecule has 0 aliphatic heterocycles. The molecule has 2 heterocycles. The Morgan fingerprint density at radius 1 is 0.415 bits per heavy atom. The number of benzene rings is 6. The van der Waals surface area contributed by atoms with E-state index in [0.717, 1.165) is 60.5 Å². The molecule has 5 nitrogen and oxygen atoms in total. The summed E-state index contributed by atoms with van der Waals surface area (Å²) in [5.41, 5.74) is 7.79. The van der Waals surface area contributed by atoms with Gasteiger partial charge >= 0.3 is 0 Å². The molecule has 6 aromatic carbocycles. The standard InChI is InChI=1S/C36H22N4O/c1-2-10-24(11-3-1)35-39-40-36(41-35)25-20-18-23(19-21-25)33-26-12-4-6-14-28(26)34(29-15-7-5-13-27(29)33)32-22-37-30-16-8-9-17-31(30)38-32/h1-22H.